The Morgan fingerprint density at radius 3 is 2.76 bits per heavy atom. The molecule has 1 rings (SSSR count). The molecule has 0 spiro atoms. The van der Waals surface area contributed by atoms with Crippen molar-refractivity contribution in [1.82, 2.24) is 5.32 Å². The SMILES string of the molecule is CCC(C)(CO)NC(=O)c1cccc(F)c1Br. The predicted molar refractivity (Wildman–Crippen MR) is 67.3 cm³/mol. The van der Waals surface area contributed by atoms with Gasteiger partial charge in [-0.15, -0.1) is 0 Å². The molecule has 1 unspecified atom stereocenters. The largest absolute Gasteiger partial charge is 0.394 e. The third kappa shape index (κ3) is 3.26. The molecule has 2 N–H and O–H groups in total. The van der Waals surface area contributed by atoms with E-state index in [9.17, 15) is 14.3 Å². The minimum atomic E-state index is -0.692. The van der Waals surface area contributed by atoms with Crippen LogP contribution < -0.4 is 5.32 Å². The molecule has 17 heavy (non-hydrogen) atoms. The Labute approximate surface area is 108 Å². The van der Waals surface area contributed by atoms with Gasteiger partial charge >= 0.3 is 0 Å². The maximum atomic E-state index is 13.3. The minimum Gasteiger partial charge on any atom is -0.394 e. The second-order valence-corrected chi connectivity index (χ2v) is 4.92. The van der Waals surface area contributed by atoms with Crippen molar-refractivity contribution in [3.05, 3.63) is 34.1 Å². The maximum absolute atomic E-state index is 13.3. The molecule has 0 fully saturated rings. The summed E-state index contributed by atoms with van der Waals surface area (Å²) in [4.78, 5) is 11.9. The summed E-state index contributed by atoms with van der Waals surface area (Å²) in [5.74, 6) is -0.894. The highest BCUT2D eigenvalue weighted by Gasteiger charge is 2.25. The Balaban J connectivity index is 2.94. The third-order valence-corrected chi connectivity index (χ3v) is 3.55. The van der Waals surface area contributed by atoms with Crippen LogP contribution in [0, 0.1) is 5.82 Å². The molecule has 0 saturated heterocycles. The molecule has 1 atom stereocenters. The van der Waals surface area contributed by atoms with Gasteiger partial charge in [0.15, 0.2) is 0 Å². The van der Waals surface area contributed by atoms with Crippen molar-refractivity contribution in [3.8, 4) is 0 Å². The minimum absolute atomic E-state index is 0.133. The van der Waals surface area contributed by atoms with E-state index in [4.69, 9.17) is 0 Å². The fraction of sp³-hybridized carbons (Fsp3) is 0.417. The van der Waals surface area contributed by atoms with E-state index in [2.05, 4.69) is 21.2 Å². The zero-order valence-corrected chi connectivity index (χ0v) is 11.3. The van der Waals surface area contributed by atoms with Crippen molar-refractivity contribution in [2.75, 3.05) is 6.61 Å². The second kappa shape index (κ2) is 5.60. The fourth-order valence-electron chi connectivity index (χ4n) is 1.26. The van der Waals surface area contributed by atoms with E-state index in [0.717, 1.165) is 0 Å². The Bertz CT molecular complexity index is 419. The van der Waals surface area contributed by atoms with Gasteiger partial charge in [0, 0.05) is 0 Å². The van der Waals surface area contributed by atoms with Crippen molar-refractivity contribution >= 4 is 21.8 Å². The van der Waals surface area contributed by atoms with Crippen LogP contribution in [0.5, 0.6) is 0 Å². The van der Waals surface area contributed by atoms with Gasteiger partial charge in [-0.25, -0.2) is 4.39 Å². The first-order valence-electron chi connectivity index (χ1n) is 5.31. The topological polar surface area (TPSA) is 49.3 Å². The number of hydrogen-bond donors (Lipinski definition) is 2. The molecular weight excluding hydrogens is 289 g/mol. The van der Waals surface area contributed by atoms with E-state index < -0.39 is 17.3 Å². The van der Waals surface area contributed by atoms with E-state index in [1.54, 1.807) is 6.92 Å². The molecule has 0 aromatic heterocycles. The Morgan fingerprint density at radius 2 is 2.24 bits per heavy atom. The van der Waals surface area contributed by atoms with Crippen LogP contribution in [0.25, 0.3) is 0 Å². The standard InChI is InChI=1S/C12H15BrFNO2/c1-3-12(2,7-16)15-11(17)8-5-4-6-9(14)10(8)13/h4-6,16H,3,7H2,1-2H3,(H,15,17). The van der Waals surface area contributed by atoms with Crippen LogP contribution in [0.2, 0.25) is 0 Å². The smallest absolute Gasteiger partial charge is 0.253 e. The highest BCUT2D eigenvalue weighted by molar-refractivity contribution is 9.10. The van der Waals surface area contributed by atoms with Crippen molar-refractivity contribution in [3.63, 3.8) is 0 Å². The van der Waals surface area contributed by atoms with Crippen LogP contribution in [0.1, 0.15) is 30.6 Å². The molecule has 0 radical (unpaired) electrons. The number of aliphatic hydroxyl groups excluding tert-OH is 1. The number of hydrogen-bond acceptors (Lipinski definition) is 2. The molecule has 1 amide bonds. The van der Waals surface area contributed by atoms with Crippen LogP contribution >= 0.6 is 15.9 Å². The Kier molecular flexibility index (Phi) is 4.65. The van der Waals surface area contributed by atoms with E-state index in [-0.39, 0.29) is 16.6 Å². The first-order valence-corrected chi connectivity index (χ1v) is 6.10. The summed E-state index contributed by atoms with van der Waals surface area (Å²) in [6.07, 6.45) is 0.585. The monoisotopic (exact) mass is 303 g/mol. The number of rotatable bonds is 4. The molecule has 0 saturated carbocycles. The zero-order valence-electron chi connectivity index (χ0n) is 9.76. The number of carbonyl (C=O) groups is 1. The molecule has 1 aromatic carbocycles. The summed E-state index contributed by atoms with van der Waals surface area (Å²) < 4.78 is 13.4. The molecule has 0 heterocycles. The number of carbonyl (C=O) groups excluding carboxylic acids is 1. The molecule has 3 nitrogen and oxygen atoms in total. The quantitative estimate of drug-likeness (QED) is 0.898. The lowest BCUT2D eigenvalue weighted by molar-refractivity contribution is 0.0846. The zero-order chi connectivity index (χ0) is 13.1. The highest BCUT2D eigenvalue weighted by Crippen LogP contribution is 2.21. The summed E-state index contributed by atoms with van der Waals surface area (Å²) in [7, 11) is 0. The van der Waals surface area contributed by atoms with Crippen LogP contribution in [0.3, 0.4) is 0 Å². The number of aliphatic hydroxyl groups is 1. The van der Waals surface area contributed by atoms with E-state index in [1.807, 2.05) is 6.92 Å². The average molecular weight is 304 g/mol. The van der Waals surface area contributed by atoms with Crippen molar-refractivity contribution in [2.45, 2.75) is 25.8 Å². The van der Waals surface area contributed by atoms with E-state index in [1.165, 1.54) is 18.2 Å². The van der Waals surface area contributed by atoms with Crippen LogP contribution in [0.15, 0.2) is 22.7 Å². The van der Waals surface area contributed by atoms with Gasteiger partial charge in [-0.05, 0) is 41.4 Å². The first kappa shape index (κ1) is 14.1. The number of halogens is 2. The van der Waals surface area contributed by atoms with E-state index in [0.29, 0.717) is 6.42 Å². The molecule has 0 aliphatic rings. The van der Waals surface area contributed by atoms with E-state index >= 15 is 0 Å². The van der Waals surface area contributed by atoms with Gasteiger partial charge in [0.05, 0.1) is 22.2 Å². The van der Waals surface area contributed by atoms with Crippen molar-refractivity contribution in [2.24, 2.45) is 0 Å². The number of benzene rings is 1. The predicted octanol–water partition coefficient (Wildman–Crippen LogP) is 2.48. The van der Waals surface area contributed by atoms with Gasteiger partial charge in [0.25, 0.3) is 5.91 Å². The van der Waals surface area contributed by atoms with Gasteiger partial charge in [-0.3, -0.25) is 4.79 Å². The number of nitrogens with one attached hydrogen (secondary N) is 1. The molecule has 5 heteroatoms. The molecule has 1 aromatic rings. The maximum Gasteiger partial charge on any atom is 0.253 e. The van der Waals surface area contributed by atoms with Gasteiger partial charge < -0.3 is 10.4 Å². The molecular formula is C12H15BrFNO2. The van der Waals surface area contributed by atoms with Gasteiger partial charge in [-0.1, -0.05) is 13.0 Å². The van der Waals surface area contributed by atoms with Crippen LogP contribution in [-0.2, 0) is 0 Å². The molecule has 0 aliphatic carbocycles. The third-order valence-electron chi connectivity index (χ3n) is 2.74. The summed E-state index contributed by atoms with van der Waals surface area (Å²) in [5, 5.41) is 11.9. The summed E-state index contributed by atoms with van der Waals surface area (Å²) in [5.41, 5.74) is -0.471. The summed E-state index contributed by atoms with van der Waals surface area (Å²) >= 11 is 3.03. The lowest BCUT2D eigenvalue weighted by atomic mass is 9.99. The Morgan fingerprint density at radius 1 is 1.59 bits per heavy atom. The lowest BCUT2D eigenvalue weighted by Gasteiger charge is -2.27. The van der Waals surface area contributed by atoms with Crippen LogP contribution in [0.4, 0.5) is 4.39 Å². The number of amides is 1. The lowest BCUT2D eigenvalue weighted by Crippen LogP contribution is -2.48. The van der Waals surface area contributed by atoms with Crippen molar-refractivity contribution < 1.29 is 14.3 Å². The van der Waals surface area contributed by atoms with Gasteiger partial charge in [-0.2, -0.15) is 0 Å². The average Bonchev–Trinajstić information content (AvgIpc) is 2.32. The van der Waals surface area contributed by atoms with Crippen LogP contribution in [-0.4, -0.2) is 23.2 Å². The molecule has 94 valence electrons. The summed E-state index contributed by atoms with van der Waals surface area (Å²) in [6.45, 7) is 3.43. The summed E-state index contributed by atoms with van der Waals surface area (Å²) in [6, 6.07) is 4.26. The van der Waals surface area contributed by atoms with Gasteiger partial charge in [0.2, 0.25) is 0 Å². The van der Waals surface area contributed by atoms with Gasteiger partial charge in [0.1, 0.15) is 5.82 Å². The second-order valence-electron chi connectivity index (χ2n) is 4.13. The van der Waals surface area contributed by atoms with Crippen molar-refractivity contribution in [1.29, 1.82) is 0 Å². The normalized spacial score (nSPS) is 14.2. The highest BCUT2D eigenvalue weighted by atomic mass is 79.9. The Hall–Kier alpha value is -0.940. The molecule has 0 aliphatic heterocycles. The first-order chi connectivity index (χ1) is 7.93. The molecule has 0 bridgehead atoms. The fourth-order valence-corrected chi connectivity index (χ4v) is 1.70.